The highest BCUT2D eigenvalue weighted by Crippen LogP contribution is 2.15. The van der Waals surface area contributed by atoms with Crippen LogP contribution in [0, 0.1) is 0 Å². The Kier molecular flexibility index (Phi) is 13.6. The van der Waals surface area contributed by atoms with Gasteiger partial charge in [-0.25, -0.2) is 0 Å². The third-order valence-electron chi connectivity index (χ3n) is 5.57. The van der Waals surface area contributed by atoms with Gasteiger partial charge in [0.05, 0.1) is 6.54 Å². The number of para-hydroxylation sites is 1. The van der Waals surface area contributed by atoms with E-state index in [2.05, 4.69) is 52.4 Å². The molecule has 1 amide bonds. The van der Waals surface area contributed by atoms with Crippen molar-refractivity contribution in [2.75, 3.05) is 77.4 Å². The number of benzene rings is 1. The first-order valence-corrected chi connectivity index (χ1v) is 11.4. The Hall–Kier alpha value is -1.55. The van der Waals surface area contributed by atoms with Crippen LogP contribution < -0.4 is 10.2 Å². The number of carbonyl (C=O) groups is 1. The number of amides is 1. The molecule has 176 valence electrons. The average Bonchev–Trinajstić information content (AvgIpc) is 2.77. The van der Waals surface area contributed by atoms with E-state index in [-0.39, 0.29) is 29.9 Å². The molecule has 1 saturated heterocycles. The molecule has 8 heteroatoms. The van der Waals surface area contributed by atoms with Crippen molar-refractivity contribution < 1.29 is 4.79 Å². The van der Waals surface area contributed by atoms with Gasteiger partial charge in [-0.15, -0.1) is 24.0 Å². The molecule has 0 atom stereocenters. The number of carbonyl (C=O) groups excluding carboxylic acids is 1. The number of piperazine rings is 1. The molecule has 1 aromatic carbocycles. The Morgan fingerprint density at radius 1 is 1.06 bits per heavy atom. The van der Waals surface area contributed by atoms with Crippen LogP contribution in [0.25, 0.3) is 0 Å². The molecule has 0 bridgehead atoms. The lowest BCUT2D eigenvalue weighted by atomic mass is 10.2. The average molecular weight is 545 g/mol. The molecule has 0 radical (unpaired) electrons. The molecule has 1 aliphatic heterocycles. The summed E-state index contributed by atoms with van der Waals surface area (Å²) in [5.41, 5.74) is 1.32. The minimum atomic E-state index is 0. The second-order valence-corrected chi connectivity index (χ2v) is 7.68. The van der Waals surface area contributed by atoms with Crippen LogP contribution in [-0.4, -0.2) is 99.1 Å². The summed E-state index contributed by atoms with van der Waals surface area (Å²) in [6.45, 7) is 14.9. The maximum Gasteiger partial charge on any atom is 0.242 e. The Morgan fingerprint density at radius 3 is 2.29 bits per heavy atom. The van der Waals surface area contributed by atoms with Crippen LogP contribution in [0.3, 0.4) is 0 Å². The zero-order chi connectivity index (χ0) is 21.8. The predicted octanol–water partition coefficient (Wildman–Crippen LogP) is 2.58. The Balaban J connectivity index is 0.00000480. The first-order valence-electron chi connectivity index (χ1n) is 11.4. The maximum absolute atomic E-state index is 12.4. The van der Waals surface area contributed by atoms with Crippen LogP contribution in [0.2, 0.25) is 0 Å². The van der Waals surface area contributed by atoms with Gasteiger partial charge in [0.15, 0.2) is 5.96 Å². The van der Waals surface area contributed by atoms with Gasteiger partial charge in [-0.2, -0.15) is 0 Å². The molecule has 0 unspecified atom stereocenters. The topological polar surface area (TPSA) is 54.4 Å². The van der Waals surface area contributed by atoms with Crippen molar-refractivity contribution in [1.82, 2.24) is 20.0 Å². The van der Waals surface area contributed by atoms with Crippen molar-refractivity contribution in [2.45, 2.75) is 27.2 Å². The van der Waals surface area contributed by atoms with Gasteiger partial charge in [0.1, 0.15) is 0 Å². The highest BCUT2D eigenvalue weighted by molar-refractivity contribution is 14.0. The number of nitrogens with one attached hydrogen (secondary N) is 1. The number of aliphatic imine (C=N–C) groups is 1. The summed E-state index contributed by atoms with van der Waals surface area (Å²) in [6, 6.07) is 10.7. The maximum atomic E-state index is 12.4. The molecule has 0 spiro atoms. The van der Waals surface area contributed by atoms with Crippen LogP contribution in [0.15, 0.2) is 35.3 Å². The van der Waals surface area contributed by atoms with Gasteiger partial charge in [0.25, 0.3) is 0 Å². The zero-order valence-corrected chi connectivity index (χ0v) is 22.0. The smallest absolute Gasteiger partial charge is 0.242 e. The molecule has 1 aromatic rings. The minimum Gasteiger partial charge on any atom is -0.369 e. The molecule has 7 nitrogen and oxygen atoms in total. The number of likely N-dealkylation sites (N-methyl/N-ethyl adjacent to an activating group) is 2. The molecule has 2 rings (SSSR count). The molecule has 31 heavy (non-hydrogen) atoms. The van der Waals surface area contributed by atoms with Gasteiger partial charge in [-0.1, -0.05) is 18.2 Å². The molecule has 0 saturated carbocycles. The van der Waals surface area contributed by atoms with Crippen LogP contribution in [0.1, 0.15) is 27.2 Å². The third kappa shape index (κ3) is 9.22. The van der Waals surface area contributed by atoms with E-state index in [1.54, 1.807) is 0 Å². The summed E-state index contributed by atoms with van der Waals surface area (Å²) in [6.07, 6.45) is 1.03. The SMILES string of the molecule is CCNC(=NCCCN1CCN(c2ccccc2)CC1)N(C)CC(=O)N(CC)CC.I. The molecular weight excluding hydrogens is 503 g/mol. The fourth-order valence-electron chi connectivity index (χ4n) is 3.77. The van der Waals surface area contributed by atoms with Crippen molar-refractivity contribution in [2.24, 2.45) is 4.99 Å². The summed E-state index contributed by atoms with van der Waals surface area (Å²) < 4.78 is 0. The van der Waals surface area contributed by atoms with E-state index in [9.17, 15) is 4.79 Å². The van der Waals surface area contributed by atoms with Crippen LogP contribution in [-0.2, 0) is 4.79 Å². The number of nitrogens with zero attached hydrogens (tertiary/aromatic N) is 5. The number of anilines is 1. The van der Waals surface area contributed by atoms with Crippen LogP contribution in [0.4, 0.5) is 5.69 Å². The second kappa shape index (κ2) is 15.3. The fourth-order valence-corrected chi connectivity index (χ4v) is 3.77. The van der Waals surface area contributed by atoms with Crippen molar-refractivity contribution >= 4 is 41.5 Å². The predicted molar refractivity (Wildman–Crippen MR) is 142 cm³/mol. The lowest BCUT2D eigenvalue weighted by Gasteiger charge is -2.36. The standard InChI is InChI=1S/C23H40N6O.HI/c1-5-24-23(26(4)20-22(30)28(6-2)7-3)25-14-11-15-27-16-18-29(19-17-27)21-12-9-8-10-13-21;/h8-10,12-13H,5-7,11,14-20H2,1-4H3,(H,24,25);1H. The number of hydrogen-bond acceptors (Lipinski definition) is 4. The van der Waals surface area contributed by atoms with Crippen LogP contribution >= 0.6 is 24.0 Å². The van der Waals surface area contributed by atoms with Crippen molar-refractivity contribution in [3.05, 3.63) is 30.3 Å². The quantitative estimate of drug-likeness (QED) is 0.213. The van der Waals surface area contributed by atoms with E-state index in [0.29, 0.717) is 6.54 Å². The highest BCUT2D eigenvalue weighted by Gasteiger charge is 2.17. The van der Waals surface area contributed by atoms with Gasteiger partial charge < -0.3 is 20.0 Å². The number of halogens is 1. The van der Waals surface area contributed by atoms with E-state index in [1.165, 1.54) is 5.69 Å². The number of guanidine groups is 1. The molecule has 0 aliphatic carbocycles. The summed E-state index contributed by atoms with van der Waals surface area (Å²) in [5.74, 6) is 0.955. The van der Waals surface area contributed by atoms with E-state index in [0.717, 1.165) is 71.3 Å². The van der Waals surface area contributed by atoms with Gasteiger partial charge in [-0.05, 0) is 39.3 Å². The monoisotopic (exact) mass is 544 g/mol. The lowest BCUT2D eigenvalue weighted by molar-refractivity contribution is -0.131. The van der Waals surface area contributed by atoms with E-state index in [1.807, 2.05) is 30.7 Å². The third-order valence-corrected chi connectivity index (χ3v) is 5.57. The first-order chi connectivity index (χ1) is 14.6. The second-order valence-electron chi connectivity index (χ2n) is 7.68. The summed E-state index contributed by atoms with van der Waals surface area (Å²) in [5, 5.41) is 3.31. The fraction of sp³-hybridized carbons (Fsp3) is 0.652. The van der Waals surface area contributed by atoms with E-state index in [4.69, 9.17) is 4.99 Å². The van der Waals surface area contributed by atoms with Gasteiger partial charge in [0, 0.05) is 71.6 Å². The number of hydrogen-bond donors (Lipinski definition) is 1. The number of rotatable bonds is 10. The Labute approximate surface area is 205 Å². The molecule has 1 aliphatic rings. The van der Waals surface area contributed by atoms with Gasteiger partial charge in [0.2, 0.25) is 5.91 Å². The van der Waals surface area contributed by atoms with Gasteiger partial charge in [-0.3, -0.25) is 14.7 Å². The van der Waals surface area contributed by atoms with Crippen molar-refractivity contribution in [1.29, 1.82) is 0 Å². The van der Waals surface area contributed by atoms with E-state index >= 15 is 0 Å². The molecule has 1 fully saturated rings. The normalized spacial score (nSPS) is 14.7. The lowest BCUT2D eigenvalue weighted by Crippen LogP contribution is -2.47. The van der Waals surface area contributed by atoms with E-state index < -0.39 is 0 Å². The van der Waals surface area contributed by atoms with Crippen molar-refractivity contribution in [3.63, 3.8) is 0 Å². The molecular formula is C23H41IN6O. The summed E-state index contributed by atoms with van der Waals surface area (Å²) in [4.78, 5) is 25.9. The minimum absolute atomic E-state index is 0. The molecule has 1 heterocycles. The molecule has 0 aromatic heterocycles. The molecule has 1 N–H and O–H groups in total. The van der Waals surface area contributed by atoms with Crippen molar-refractivity contribution in [3.8, 4) is 0 Å². The van der Waals surface area contributed by atoms with Gasteiger partial charge >= 0.3 is 0 Å². The largest absolute Gasteiger partial charge is 0.369 e. The Bertz CT molecular complexity index is 645. The van der Waals surface area contributed by atoms with Crippen LogP contribution in [0.5, 0.6) is 0 Å². The highest BCUT2D eigenvalue weighted by atomic mass is 127. The Morgan fingerprint density at radius 2 is 1.71 bits per heavy atom. The first kappa shape index (κ1) is 27.5. The zero-order valence-electron chi connectivity index (χ0n) is 19.7. The summed E-state index contributed by atoms with van der Waals surface area (Å²) in [7, 11) is 1.94. The summed E-state index contributed by atoms with van der Waals surface area (Å²) >= 11 is 0.